The quantitative estimate of drug-likeness (QED) is 0.867. The standard InChI is InChI=1S/C11H10N2O2S/c1-7-8(13-11-12-4-5-16-11)2-3-9-10(7)15-6-14-9/h2-5H,6H2,1H3,(H,12,13). The van der Waals surface area contributed by atoms with Crippen LogP contribution in [-0.2, 0) is 0 Å². The van der Waals surface area contributed by atoms with E-state index in [4.69, 9.17) is 9.47 Å². The maximum absolute atomic E-state index is 5.41. The molecule has 0 atom stereocenters. The molecule has 1 aliphatic heterocycles. The molecule has 1 aromatic heterocycles. The van der Waals surface area contributed by atoms with Crippen molar-refractivity contribution in [2.75, 3.05) is 12.1 Å². The lowest BCUT2D eigenvalue weighted by atomic mass is 10.1. The van der Waals surface area contributed by atoms with Crippen LogP contribution in [0.4, 0.5) is 10.8 Å². The number of ether oxygens (including phenoxy) is 2. The lowest BCUT2D eigenvalue weighted by molar-refractivity contribution is 0.173. The highest BCUT2D eigenvalue weighted by atomic mass is 32.1. The molecule has 0 saturated carbocycles. The summed E-state index contributed by atoms with van der Waals surface area (Å²) in [7, 11) is 0. The van der Waals surface area contributed by atoms with Gasteiger partial charge in [-0.3, -0.25) is 0 Å². The van der Waals surface area contributed by atoms with Crippen LogP contribution in [0.15, 0.2) is 23.7 Å². The number of nitrogens with zero attached hydrogens (tertiary/aromatic N) is 1. The summed E-state index contributed by atoms with van der Waals surface area (Å²) >= 11 is 1.57. The van der Waals surface area contributed by atoms with Gasteiger partial charge in [0.2, 0.25) is 6.79 Å². The lowest BCUT2D eigenvalue weighted by Gasteiger charge is -2.08. The molecule has 4 nitrogen and oxygen atoms in total. The molecular weight excluding hydrogens is 224 g/mol. The van der Waals surface area contributed by atoms with E-state index < -0.39 is 0 Å². The predicted octanol–water partition coefficient (Wildman–Crippen LogP) is 2.92. The third kappa shape index (κ3) is 1.49. The Morgan fingerprint density at radius 2 is 2.31 bits per heavy atom. The SMILES string of the molecule is Cc1c(Nc2nccs2)ccc2c1OCO2. The first-order chi connectivity index (χ1) is 7.84. The number of hydrogen-bond donors (Lipinski definition) is 1. The van der Waals surface area contributed by atoms with Crippen LogP contribution in [-0.4, -0.2) is 11.8 Å². The minimum atomic E-state index is 0.302. The molecule has 1 aromatic carbocycles. The summed E-state index contributed by atoms with van der Waals surface area (Å²) in [6, 6.07) is 3.88. The van der Waals surface area contributed by atoms with E-state index in [1.165, 1.54) is 0 Å². The van der Waals surface area contributed by atoms with Gasteiger partial charge < -0.3 is 14.8 Å². The molecule has 0 spiro atoms. The fourth-order valence-electron chi connectivity index (χ4n) is 1.65. The summed E-state index contributed by atoms with van der Waals surface area (Å²) in [5.41, 5.74) is 2.05. The highest BCUT2D eigenvalue weighted by Gasteiger charge is 2.18. The van der Waals surface area contributed by atoms with Crippen molar-refractivity contribution >= 4 is 22.2 Å². The van der Waals surface area contributed by atoms with Crippen molar-refractivity contribution in [3.8, 4) is 11.5 Å². The van der Waals surface area contributed by atoms with E-state index in [0.29, 0.717) is 6.79 Å². The number of hydrogen-bond acceptors (Lipinski definition) is 5. The number of thiazole rings is 1. The van der Waals surface area contributed by atoms with Crippen LogP contribution in [0.3, 0.4) is 0 Å². The maximum Gasteiger partial charge on any atom is 0.231 e. The van der Waals surface area contributed by atoms with Gasteiger partial charge in [-0.2, -0.15) is 0 Å². The number of rotatable bonds is 2. The van der Waals surface area contributed by atoms with E-state index in [-0.39, 0.29) is 0 Å². The van der Waals surface area contributed by atoms with Crippen molar-refractivity contribution in [3.63, 3.8) is 0 Å². The second-order valence-corrected chi connectivity index (χ2v) is 4.33. The van der Waals surface area contributed by atoms with E-state index in [1.807, 2.05) is 24.4 Å². The molecule has 82 valence electrons. The molecule has 0 bridgehead atoms. The summed E-state index contributed by atoms with van der Waals surface area (Å²) in [6.45, 7) is 2.31. The summed E-state index contributed by atoms with van der Waals surface area (Å²) in [5, 5.41) is 6.07. The highest BCUT2D eigenvalue weighted by Crippen LogP contribution is 2.39. The van der Waals surface area contributed by atoms with Crippen LogP contribution in [0.2, 0.25) is 0 Å². The Hall–Kier alpha value is -1.75. The van der Waals surface area contributed by atoms with Crippen molar-refractivity contribution in [2.24, 2.45) is 0 Å². The van der Waals surface area contributed by atoms with E-state index >= 15 is 0 Å². The number of benzene rings is 1. The van der Waals surface area contributed by atoms with Gasteiger partial charge in [-0.05, 0) is 19.1 Å². The van der Waals surface area contributed by atoms with E-state index in [1.54, 1.807) is 17.5 Å². The van der Waals surface area contributed by atoms with Crippen LogP contribution in [0.25, 0.3) is 0 Å². The zero-order chi connectivity index (χ0) is 11.0. The topological polar surface area (TPSA) is 43.4 Å². The first-order valence-electron chi connectivity index (χ1n) is 4.90. The molecule has 0 unspecified atom stereocenters. The smallest absolute Gasteiger partial charge is 0.231 e. The van der Waals surface area contributed by atoms with Gasteiger partial charge >= 0.3 is 0 Å². The molecule has 3 rings (SSSR count). The molecule has 0 fully saturated rings. The lowest BCUT2D eigenvalue weighted by Crippen LogP contribution is -1.95. The fraction of sp³-hybridized carbons (Fsp3) is 0.182. The molecule has 2 aromatic rings. The third-order valence-electron chi connectivity index (χ3n) is 2.46. The van der Waals surface area contributed by atoms with Gasteiger partial charge in [-0.15, -0.1) is 11.3 Å². The van der Waals surface area contributed by atoms with Crippen molar-refractivity contribution < 1.29 is 9.47 Å². The van der Waals surface area contributed by atoms with Gasteiger partial charge in [0.25, 0.3) is 0 Å². The Morgan fingerprint density at radius 3 is 3.12 bits per heavy atom. The minimum Gasteiger partial charge on any atom is -0.454 e. The average Bonchev–Trinajstić information content (AvgIpc) is 2.93. The molecule has 5 heteroatoms. The molecule has 1 aliphatic rings. The molecule has 0 amide bonds. The van der Waals surface area contributed by atoms with Gasteiger partial charge in [0, 0.05) is 22.8 Å². The van der Waals surface area contributed by atoms with Crippen molar-refractivity contribution in [1.29, 1.82) is 0 Å². The van der Waals surface area contributed by atoms with Gasteiger partial charge in [-0.25, -0.2) is 4.98 Å². The molecule has 2 heterocycles. The molecule has 16 heavy (non-hydrogen) atoms. The number of aromatic nitrogens is 1. The molecule has 0 saturated heterocycles. The highest BCUT2D eigenvalue weighted by molar-refractivity contribution is 7.13. The average molecular weight is 234 g/mol. The summed E-state index contributed by atoms with van der Waals surface area (Å²) < 4.78 is 10.7. The minimum absolute atomic E-state index is 0.302. The van der Waals surface area contributed by atoms with Crippen LogP contribution in [0.5, 0.6) is 11.5 Å². The second kappa shape index (κ2) is 3.68. The predicted molar refractivity (Wildman–Crippen MR) is 62.7 cm³/mol. The first kappa shape index (κ1) is 9.47. The summed E-state index contributed by atoms with van der Waals surface area (Å²) in [4.78, 5) is 4.18. The van der Waals surface area contributed by atoms with Gasteiger partial charge in [0.15, 0.2) is 16.6 Å². The van der Waals surface area contributed by atoms with Gasteiger partial charge in [0.05, 0.1) is 0 Å². The monoisotopic (exact) mass is 234 g/mol. The van der Waals surface area contributed by atoms with Gasteiger partial charge in [-0.1, -0.05) is 0 Å². The zero-order valence-corrected chi connectivity index (χ0v) is 9.50. The number of fused-ring (bicyclic) bond motifs is 1. The second-order valence-electron chi connectivity index (χ2n) is 3.43. The normalized spacial score (nSPS) is 12.8. The molecule has 0 aliphatic carbocycles. The summed E-state index contributed by atoms with van der Waals surface area (Å²) in [6.07, 6.45) is 1.77. The van der Waals surface area contributed by atoms with E-state index in [2.05, 4.69) is 10.3 Å². The molecule has 0 radical (unpaired) electrons. The maximum atomic E-state index is 5.41. The third-order valence-corrected chi connectivity index (χ3v) is 3.15. The molecular formula is C11H10N2O2S. The van der Waals surface area contributed by atoms with Crippen molar-refractivity contribution in [1.82, 2.24) is 4.98 Å². The Kier molecular flexibility index (Phi) is 2.18. The van der Waals surface area contributed by atoms with Crippen molar-refractivity contribution in [3.05, 3.63) is 29.3 Å². The Balaban J connectivity index is 1.96. The summed E-state index contributed by atoms with van der Waals surface area (Å²) in [5.74, 6) is 1.63. The zero-order valence-electron chi connectivity index (χ0n) is 8.69. The van der Waals surface area contributed by atoms with Gasteiger partial charge in [0.1, 0.15) is 0 Å². The number of anilines is 2. The Labute approximate surface area is 96.8 Å². The van der Waals surface area contributed by atoms with E-state index in [0.717, 1.165) is 27.9 Å². The van der Waals surface area contributed by atoms with Crippen LogP contribution >= 0.6 is 11.3 Å². The molecule has 1 N–H and O–H groups in total. The first-order valence-corrected chi connectivity index (χ1v) is 5.78. The number of nitrogens with one attached hydrogen (secondary N) is 1. The Bertz CT molecular complexity index is 511. The Morgan fingerprint density at radius 1 is 1.38 bits per heavy atom. The van der Waals surface area contributed by atoms with Crippen LogP contribution < -0.4 is 14.8 Å². The van der Waals surface area contributed by atoms with Crippen LogP contribution in [0.1, 0.15) is 5.56 Å². The van der Waals surface area contributed by atoms with E-state index in [9.17, 15) is 0 Å². The van der Waals surface area contributed by atoms with Crippen LogP contribution in [0, 0.1) is 6.92 Å². The fourth-order valence-corrected chi connectivity index (χ4v) is 2.19. The van der Waals surface area contributed by atoms with Crippen molar-refractivity contribution in [2.45, 2.75) is 6.92 Å². The largest absolute Gasteiger partial charge is 0.454 e.